The van der Waals surface area contributed by atoms with Crippen molar-refractivity contribution in [3.63, 3.8) is 0 Å². The van der Waals surface area contributed by atoms with E-state index in [0.717, 1.165) is 27.5 Å². The molecule has 0 fully saturated rings. The summed E-state index contributed by atoms with van der Waals surface area (Å²) >= 11 is 1.14. The fourth-order valence-electron chi connectivity index (χ4n) is 3.30. The largest absolute Gasteiger partial charge is 0.332 e. The first kappa shape index (κ1) is 21.5. The minimum Gasteiger partial charge on any atom is -0.325 e. The minimum atomic E-state index is -0.496. The monoisotopic (exact) mass is 447 g/mol. The second-order valence-electron chi connectivity index (χ2n) is 7.33. The van der Waals surface area contributed by atoms with E-state index in [9.17, 15) is 14.4 Å². The summed E-state index contributed by atoms with van der Waals surface area (Å²) in [5.74, 6) is 0.193. The van der Waals surface area contributed by atoms with Crippen molar-refractivity contribution in [1.82, 2.24) is 19.1 Å². The lowest BCUT2D eigenvalue weighted by Gasteiger charge is -2.12. The van der Waals surface area contributed by atoms with Gasteiger partial charge in [0.1, 0.15) is 10.4 Å². The van der Waals surface area contributed by atoms with Gasteiger partial charge in [0, 0.05) is 25.3 Å². The SMILES string of the molecule is Cc1cccc(NC(=O)CSc2nc(-c3ccccc3)nc3c2c(=O)n(C)c(=O)n3C)c1. The van der Waals surface area contributed by atoms with Crippen LogP contribution in [0.25, 0.3) is 22.4 Å². The molecule has 0 atom stereocenters. The summed E-state index contributed by atoms with van der Waals surface area (Å²) in [4.78, 5) is 47.0. The maximum absolute atomic E-state index is 12.9. The third kappa shape index (κ3) is 4.19. The Morgan fingerprint density at radius 2 is 1.75 bits per heavy atom. The van der Waals surface area contributed by atoms with Crippen LogP contribution in [0.4, 0.5) is 5.69 Å². The van der Waals surface area contributed by atoms with E-state index in [4.69, 9.17) is 0 Å². The fraction of sp³-hybridized carbons (Fsp3) is 0.174. The number of aromatic nitrogens is 4. The van der Waals surface area contributed by atoms with Crippen LogP contribution >= 0.6 is 11.8 Å². The predicted molar refractivity (Wildman–Crippen MR) is 126 cm³/mol. The van der Waals surface area contributed by atoms with E-state index in [1.165, 1.54) is 11.6 Å². The molecule has 1 amide bonds. The average Bonchev–Trinajstić information content (AvgIpc) is 2.80. The summed E-state index contributed by atoms with van der Waals surface area (Å²) < 4.78 is 2.34. The zero-order valence-corrected chi connectivity index (χ0v) is 18.6. The number of rotatable bonds is 5. The second-order valence-corrected chi connectivity index (χ2v) is 8.29. The van der Waals surface area contributed by atoms with Gasteiger partial charge >= 0.3 is 5.69 Å². The molecule has 0 aliphatic heterocycles. The number of amides is 1. The van der Waals surface area contributed by atoms with E-state index in [-0.39, 0.29) is 22.7 Å². The summed E-state index contributed by atoms with van der Waals surface area (Å²) in [6.07, 6.45) is 0. The third-order valence-corrected chi connectivity index (χ3v) is 5.92. The number of anilines is 1. The highest BCUT2D eigenvalue weighted by Gasteiger charge is 2.19. The number of nitrogens with one attached hydrogen (secondary N) is 1. The Balaban J connectivity index is 1.76. The zero-order valence-electron chi connectivity index (χ0n) is 17.8. The summed E-state index contributed by atoms with van der Waals surface area (Å²) in [5.41, 5.74) is 1.74. The van der Waals surface area contributed by atoms with Gasteiger partial charge in [-0.15, -0.1) is 0 Å². The van der Waals surface area contributed by atoms with Gasteiger partial charge in [0.25, 0.3) is 5.56 Å². The van der Waals surface area contributed by atoms with Gasteiger partial charge in [-0.05, 0) is 24.6 Å². The standard InChI is InChI=1S/C23H21N5O3S/c1-14-8-7-11-16(12-14)24-17(29)13-32-21-18-20(27(2)23(31)28(3)22(18)30)25-19(26-21)15-9-5-4-6-10-15/h4-12H,13H2,1-3H3,(H,24,29). The molecule has 8 nitrogen and oxygen atoms in total. The molecule has 0 radical (unpaired) electrons. The molecule has 2 aromatic carbocycles. The third-order valence-electron chi connectivity index (χ3n) is 4.94. The number of hydrogen-bond acceptors (Lipinski definition) is 6. The topological polar surface area (TPSA) is 98.9 Å². The van der Waals surface area contributed by atoms with Crippen LogP contribution < -0.4 is 16.6 Å². The van der Waals surface area contributed by atoms with E-state index in [2.05, 4.69) is 15.3 Å². The zero-order chi connectivity index (χ0) is 22.8. The molecule has 0 saturated heterocycles. The van der Waals surface area contributed by atoms with Gasteiger partial charge in [-0.1, -0.05) is 54.2 Å². The molecule has 0 spiro atoms. The Bertz CT molecular complexity index is 1440. The molecule has 0 aliphatic rings. The summed E-state index contributed by atoms with van der Waals surface area (Å²) in [6, 6.07) is 16.8. The number of carbonyl (C=O) groups excluding carboxylic acids is 1. The quantitative estimate of drug-likeness (QED) is 0.373. The highest BCUT2D eigenvalue weighted by atomic mass is 32.2. The van der Waals surface area contributed by atoms with Crippen molar-refractivity contribution in [2.75, 3.05) is 11.1 Å². The van der Waals surface area contributed by atoms with Gasteiger partial charge in [0.15, 0.2) is 11.5 Å². The molecule has 162 valence electrons. The highest BCUT2D eigenvalue weighted by molar-refractivity contribution is 8.00. The van der Waals surface area contributed by atoms with Crippen LogP contribution in [0.15, 0.2) is 69.2 Å². The van der Waals surface area contributed by atoms with E-state index in [0.29, 0.717) is 16.5 Å². The van der Waals surface area contributed by atoms with Crippen LogP contribution in [-0.2, 0) is 18.9 Å². The molecular weight excluding hydrogens is 426 g/mol. The summed E-state index contributed by atoms with van der Waals surface area (Å²) in [7, 11) is 2.97. The van der Waals surface area contributed by atoms with Gasteiger partial charge in [0.05, 0.1) is 5.75 Å². The van der Waals surface area contributed by atoms with Crippen LogP contribution in [0.3, 0.4) is 0 Å². The van der Waals surface area contributed by atoms with Gasteiger partial charge in [0.2, 0.25) is 5.91 Å². The lowest BCUT2D eigenvalue weighted by atomic mass is 10.2. The molecule has 9 heteroatoms. The Hall–Kier alpha value is -3.72. The first-order valence-corrected chi connectivity index (χ1v) is 10.9. The molecule has 0 bridgehead atoms. The molecule has 0 saturated carbocycles. The lowest BCUT2D eigenvalue weighted by molar-refractivity contribution is -0.113. The van der Waals surface area contributed by atoms with E-state index in [1.54, 1.807) is 7.05 Å². The Morgan fingerprint density at radius 1 is 1.00 bits per heavy atom. The first-order valence-electron chi connectivity index (χ1n) is 9.87. The molecule has 0 unspecified atom stereocenters. The van der Waals surface area contributed by atoms with Crippen molar-refractivity contribution in [2.45, 2.75) is 11.9 Å². The minimum absolute atomic E-state index is 0.0419. The highest BCUT2D eigenvalue weighted by Crippen LogP contribution is 2.26. The average molecular weight is 448 g/mol. The number of hydrogen-bond donors (Lipinski definition) is 1. The lowest BCUT2D eigenvalue weighted by Crippen LogP contribution is -2.37. The summed E-state index contributed by atoms with van der Waals surface area (Å²) in [5, 5.41) is 3.41. The molecule has 2 heterocycles. The van der Waals surface area contributed by atoms with E-state index < -0.39 is 11.2 Å². The molecule has 4 rings (SSSR count). The van der Waals surface area contributed by atoms with Gasteiger partial charge in [-0.25, -0.2) is 14.8 Å². The smallest absolute Gasteiger partial charge is 0.325 e. The second kappa shape index (κ2) is 8.80. The van der Waals surface area contributed by atoms with E-state index in [1.807, 2.05) is 61.5 Å². The Morgan fingerprint density at radius 3 is 2.47 bits per heavy atom. The van der Waals surface area contributed by atoms with Crippen molar-refractivity contribution in [3.05, 3.63) is 81.0 Å². The van der Waals surface area contributed by atoms with Gasteiger partial charge < -0.3 is 5.32 Å². The van der Waals surface area contributed by atoms with Crippen LogP contribution in [0.5, 0.6) is 0 Å². The normalized spacial score (nSPS) is 11.0. The van der Waals surface area contributed by atoms with Crippen molar-refractivity contribution >= 4 is 34.4 Å². The molecule has 1 N–H and O–H groups in total. The molecular formula is C23H21N5O3S. The number of aryl methyl sites for hydroxylation is 2. The van der Waals surface area contributed by atoms with Crippen LogP contribution in [0.2, 0.25) is 0 Å². The van der Waals surface area contributed by atoms with Crippen molar-refractivity contribution in [2.24, 2.45) is 14.1 Å². The number of nitrogens with zero attached hydrogens (tertiary/aromatic N) is 4. The van der Waals surface area contributed by atoms with Gasteiger partial charge in [-0.2, -0.15) is 0 Å². The van der Waals surface area contributed by atoms with Crippen molar-refractivity contribution in [1.29, 1.82) is 0 Å². The van der Waals surface area contributed by atoms with Crippen LogP contribution in [-0.4, -0.2) is 30.8 Å². The number of thioether (sulfide) groups is 1. The first-order chi connectivity index (χ1) is 15.3. The number of benzene rings is 2. The summed E-state index contributed by atoms with van der Waals surface area (Å²) in [6.45, 7) is 1.95. The Labute approximate surface area is 188 Å². The number of fused-ring (bicyclic) bond motifs is 1. The fourth-order valence-corrected chi connectivity index (χ4v) is 4.12. The van der Waals surface area contributed by atoms with Crippen molar-refractivity contribution in [3.8, 4) is 11.4 Å². The Kier molecular flexibility index (Phi) is 5.91. The predicted octanol–water partition coefficient (Wildman–Crippen LogP) is 2.73. The van der Waals surface area contributed by atoms with Crippen LogP contribution in [0.1, 0.15) is 5.56 Å². The van der Waals surface area contributed by atoms with E-state index >= 15 is 0 Å². The van der Waals surface area contributed by atoms with Crippen molar-refractivity contribution < 1.29 is 4.79 Å². The van der Waals surface area contributed by atoms with Crippen LogP contribution in [0, 0.1) is 6.92 Å². The maximum Gasteiger partial charge on any atom is 0.332 e. The number of carbonyl (C=O) groups is 1. The maximum atomic E-state index is 12.9. The molecule has 2 aromatic heterocycles. The molecule has 0 aliphatic carbocycles. The van der Waals surface area contributed by atoms with Gasteiger partial charge in [-0.3, -0.25) is 18.7 Å². The molecule has 32 heavy (non-hydrogen) atoms. The molecule has 4 aromatic rings.